The van der Waals surface area contributed by atoms with Gasteiger partial charge in [-0.25, -0.2) is 9.97 Å². The molecule has 2 heterocycles. The zero-order valence-corrected chi connectivity index (χ0v) is 14.0. The maximum Gasteiger partial charge on any atom is 0.306 e. The van der Waals surface area contributed by atoms with Gasteiger partial charge >= 0.3 is 5.97 Å². The van der Waals surface area contributed by atoms with Gasteiger partial charge in [-0.15, -0.1) is 0 Å². The van der Waals surface area contributed by atoms with Crippen molar-refractivity contribution in [3.63, 3.8) is 0 Å². The number of hydrogen-bond donors (Lipinski definition) is 1. The third kappa shape index (κ3) is 3.48. The fraction of sp³-hybridized carbons (Fsp3) is 0.389. The highest BCUT2D eigenvalue weighted by Crippen LogP contribution is 2.27. The van der Waals surface area contributed by atoms with Crippen LogP contribution in [0.4, 0.5) is 17.3 Å². The minimum absolute atomic E-state index is 0.240. The van der Waals surface area contributed by atoms with E-state index in [0.717, 1.165) is 17.3 Å². The lowest BCUT2D eigenvalue weighted by atomic mass is 9.97. The lowest BCUT2D eigenvalue weighted by Gasteiger charge is -2.31. The third-order valence-electron chi connectivity index (χ3n) is 4.47. The molecule has 1 aliphatic heterocycles. The summed E-state index contributed by atoms with van der Waals surface area (Å²) < 4.78 is 0. The van der Waals surface area contributed by atoms with Crippen LogP contribution in [0.3, 0.4) is 0 Å². The normalized spacial score (nSPS) is 15.3. The number of para-hydroxylation sites is 1. The quantitative estimate of drug-likeness (QED) is 0.932. The van der Waals surface area contributed by atoms with Crippen molar-refractivity contribution in [2.45, 2.75) is 19.8 Å². The largest absolute Gasteiger partial charge is 0.481 e. The van der Waals surface area contributed by atoms with Crippen LogP contribution in [0.25, 0.3) is 0 Å². The average Bonchev–Trinajstić information content (AvgIpc) is 2.61. The highest BCUT2D eigenvalue weighted by Gasteiger charge is 2.25. The summed E-state index contributed by atoms with van der Waals surface area (Å²) in [5, 5.41) is 9.13. The molecule has 1 fully saturated rings. The monoisotopic (exact) mass is 326 g/mol. The molecule has 3 rings (SSSR count). The fourth-order valence-corrected chi connectivity index (χ4v) is 3.01. The standard InChI is InChI=1S/C18H22N4O2/c1-13-19-16(21(2)15-6-4-3-5-7-15)12-17(20-13)22-10-8-14(9-11-22)18(23)24/h3-7,12,14H,8-11H2,1-2H3,(H,23,24). The molecule has 1 aromatic carbocycles. The maximum atomic E-state index is 11.1. The Morgan fingerprint density at radius 1 is 1.21 bits per heavy atom. The first-order valence-electron chi connectivity index (χ1n) is 8.17. The van der Waals surface area contributed by atoms with Crippen molar-refractivity contribution < 1.29 is 9.90 Å². The Morgan fingerprint density at radius 2 is 1.88 bits per heavy atom. The van der Waals surface area contributed by atoms with Gasteiger partial charge < -0.3 is 14.9 Å². The van der Waals surface area contributed by atoms with Crippen molar-refractivity contribution in [2.24, 2.45) is 5.92 Å². The van der Waals surface area contributed by atoms with Crippen LogP contribution in [0.2, 0.25) is 0 Å². The Bertz CT molecular complexity index is 712. The van der Waals surface area contributed by atoms with E-state index in [0.29, 0.717) is 31.8 Å². The molecule has 126 valence electrons. The summed E-state index contributed by atoms with van der Waals surface area (Å²) in [6.45, 7) is 3.31. The van der Waals surface area contributed by atoms with E-state index < -0.39 is 5.97 Å². The number of carboxylic acids is 1. The first kappa shape index (κ1) is 16.2. The second-order valence-electron chi connectivity index (χ2n) is 6.13. The lowest BCUT2D eigenvalue weighted by molar-refractivity contribution is -0.142. The number of anilines is 3. The van der Waals surface area contributed by atoms with E-state index >= 15 is 0 Å². The molecule has 1 aliphatic rings. The maximum absolute atomic E-state index is 11.1. The van der Waals surface area contributed by atoms with Crippen LogP contribution in [0.5, 0.6) is 0 Å². The Morgan fingerprint density at radius 3 is 2.50 bits per heavy atom. The summed E-state index contributed by atoms with van der Waals surface area (Å²) >= 11 is 0. The molecule has 1 N–H and O–H groups in total. The second kappa shape index (κ2) is 6.86. The van der Waals surface area contributed by atoms with Crippen molar-refractivity contribution in [2.75, 3.05) is 29.9 Å². The molecule has 2 aromatic rings. The van der Waals surface area contributed by atoms with Gasteiger partial charge in [0, 0.05) is 31.9 Å². The van der Waals surface area contributed by atoms with Gasteiger partial charge in [0.2, 0.25) is 0 Å². The second-order valence-corrected chi connectivity index (χ2v) is 6.13. The van der Waals surface area contributed by atoms with Crippen molar-refractivity contribution >= 4 is 23.3 Å². The Labute approximate surface area is 141 Å². The lowest BCUT2D eigenvalue weighted by Crippen LogP contribution is -2.37. The van der Waals surface area contributed by atoms with Crippen molar-refractivity contribution in [1.29, 1.82) is 0 Å². The van der Waals surface area contributed by atoms with Crippen LogP contribution in [0.1, 0.15) is 18.7 Å². The number of hydrogen-bond acceptors (Lipinski definition) is 5. The Kier molecular flexibility index (Phi) is 4.64. The highest BCUT2D eigenvalue weighted by atomic mass is 16.4. The predicted molar refractivity (Wildman–Crippen MR) is 93.8 cm³/mol. The first-order chi connectivity index (χ1) is 11.5. The molecule has 0 unspecified atom stereocenters. The summed E-state index contributed by atoms with van der Waals surface area (Å²) in [7, 11) is 1.98. The van der Waals surface area contributed by atoms with Gasteiger partial charge in [0.05, 0.1) is 5.92 Å². The van der Waals surface area contributed by atoms with E-state index in [2.05, 4.69) is 14.9 Å². The number of benzene rings is 1. The van der Waals surface area contributed by atoms with Crippen molar-refractivity contribution in [1.82, 2.24) is 9.97 Å². The summed E-state index contributed by atoms with van der Waals surface area (Å²) in [6, 6.07) is 12.0. The number of aromatic nitrogens is 2. The summed E-state index contributed by atoms with van der Waals surface area (Å²) in [4.78, 5) is 24.4. The van der Waals surface area contributed by atoms with E-state index in [1.165, 1.54) is 0 Å². The van der Waals surface area contributed by atoms with Gasteiger partial charge in [-0.1, -0.05) is 18.2 Å². The summed E-state index contributed by atoms with van der Waals surface area (Å²) in [5.41, 5.74) is 1.06. The summed E-state index contributed by atoms with van der Waals surface area (Å²) in [5.74, 6) is 1.48. The van der Waals surface area contributed by atoms with Crippen LogP contribution in [0, 0.1) is 12.8 Å². The number of carboxylic acid groups (broad SMARTS) is 1. The topological polar surface area (TPSA) is 69.6 Å². The van der Waals surface area contributed by atoms with E-state index in [4.69, 9.17) is 5.11 Å². The number of piperidine rings is 1. The van der Waals surface area contributed by atoms with Crippen LogP contribution < -0.4 is 9.80 Å². The van der Waals surface area contributed by atoms with Gasteiger partial charge in [0.1, 0.15) is 17.5 Å². The molecule has 0 spiro atoms. The molecule has 0 atom stereocenters. The molecule has 24 heavy (non-hydrogen) atoms. The average molecular weight is 326 g/mol. The molecular formula is C18H22N4O2. The van der Waals surface area contributed by atoms with E-state index in [-0.39, 0.29) is 5.92 Å². The number of nitrogens with zero attached hydrogens (tertiary/aromatic N) is 4. The van der Waals surface area contributed by atoms with Crippen molar-refractivity contribution in [3.05, 3.63) is 42.2 Å². The predicted octanol–water partition coefficient (Wildman–Crippen LogP) is 2.85. The van der Waals surface area contributed by atoms with Gasteiger partial charge in [-0.3, -0.25) is 4.79 Å². The molecule has 0 bridgehead atoms. The first-order valence-corrected chi connectivity index (χ1v) is 8.17. The number of carbonyl (C=O) groups is 1. The molecular weight excluding hydrogens is 304 g/mol. The molecule has 0 radical (unpaired) electrons. The number of aryl methyl sites for hydroxylation is 1. The fourth-order valence-electron chi connectivity index (χ4n) is 3.01. The Balaban J connectivity index is 1.81. The minimum atomic E-state index is -0.696. The van der Waals surface area contributed by atoms with E-state index in [1.54, 1.807) is 0 Å². The van der Waals surface area contributed by atoms with E-state index in [1.807, 2.05) is 55.3 Å². The molecule has 6 nitrogen and oxygen atoms in total. The molecule has 1 aromatic heterocycles. The molecule has 0 aliphatic carbocycles. The molecule has 0 amide bonds. The highest BCUT2D eigenvalue weighted by molar-refractivity contribution is 5.70. The zero-order valence-electron chi connectivity index (χ0n) is 14.0. The summed E-state index contributed by atoms with van der Waals surface area (Å²) in [6.07, 6.45) is 1.31. The molecule has 1 saturated heterocycles. The van der Waals surface area contributed by atoms with Gasteiger partial charge in [0.25, 0.3) is 0 Å². The van der Waals surface area contributed by atoms with Gasteiger partial charge in [-0.05, 0) is 31.9 Å². The smallest absolute Gasteiger partial charge is 0.306 e. The van der Waals surface area contributed by atoms with Gasteiger partial charge in [0.15, 0.2) is 0 Å². The third-order valence-corrected chi connectivity index (χ3v) is 4.47. The molecule has 6 heteroatoms. The molecule has 0 saturated carbocycles. The SMILES string of the molecule is Cc1nc(N2CCC(C(=O)O)CC2)cc(N(C)c2ccccc2)n1. The number of rotatable bonds is 4. The van der Waals surface area contributed by atoms with Crippen molar-refractivity contribution in [3.8, 4) is 0 Å². The zero-order chi connectivity index (χ0) is 17.1. The van der Waals surface area contributed by atoms with Gasteiger partial charge in [-0.2, -0.15) is 0 Å². The van der Waals surface area contributed by atoms with Crippen LogP contribution >= 0.6 is 0 Å². The minimum Gasteiger partial charge on any atom is -0.481 e. The van der Waals surface area contributed by atoms with Crippen LogP contribution in [-0.4, -0.2) is 41.2 Å². The Hall–Kier alpha value is -2.63. The van der Waals surface area contributed by atoms with E-state index in [9.17, 15) is 4.79 Å². The van der Waals surface area contributed by atoms with Crippen LogP contribution in [-0.2, 0) is 4.79 Å². The number of aliphatic carboxylic acids is 1. The van der Waals surface area contributed by atoms with Crippen LogP contribution in [0.15, 0.2) is 36.4 Å².